The average Bonchev–Trinajstić information content (AvgIpc) is 2.27. The van der Waals surface area contributed by atoms with E-state index >= 15 is 0 Å². The minimum absolute atomic E-state index is 0.354. The first-order valence-electron chi connectivity index (χ1n) is 4.81. The van der Waals surface area contributed by atoms with Gasteiger partial charge in [-0.2, -0.15) is 5.26 Å². The summed E-state index contributed by atoms with van der Waals surface area (Å²) >= 11 is 0. The summed E-state index contributed by atoms with van der Waals surface area (Å²) in [6.45, 7) is 0.473. The molecule has 3 nitrogen and oxygen atoms in total. The second-order valence-electron chi connectivity index (χ2n) is 3.52. The zero-order valence-corrected chi connectivity index (χ0v) is 8.93. The molecule has 1 rings (SSSR count). The third kappa shape index (κ3) is 2.91. The molecule has 0 fully saturated rings. The molecule has 0 spiro atoms. The van der Waals surface area contributed by atoms with Crippen LogP contribution in [-0.4, -0.2) is 19.0 Å². The molecule has 5 heteroatoms. The van der Waals surface area contributed by atoms with E-state index in [-0.39, 0.29) is 0 Å². The number of para-hydroxylation sites is 1. The topological polar surface area (TPSA) is 61.8 Å². The van der Waals surface area contributed by atoms with Gasteiger partial charge >= 0.3 is 0 Å². The molecule has 0 aliphatic heterocycles. The van der Waals surface area contributed by atoms with Gasteiger partial charge in [0, 0.05) is 0 Å². The van der Waals surface area contributed by atoms with Crippen molar-refractivity contribution in [2.75, 3.05) is 18.4 Å². The fraction of sp³-hybridized carbons (Fsp3) is 0.364. The first kappa shape index (κ1) is 12.4. The Morgan fingerprint density at radius 3 is 2.75 bits per heavy atom. The van der Waals surface area contributed by atoms with Crippen molar-refractivity contribution in [1.29, 1.82) is 5.26 Å². The van der Waals surface area contributed by atoms with E-state index < -0.39 is 19.0 Å². The Labute approximate surface area is 92.9 Å². The van der Waals surface area contributed by atoms with Crippen LogP contribution in [0.15, 0.2) is 18.2 Å². The van der Waals surface area contributed by atoms with Crippen LogP contribution in [0.4, 0.5) is 14.5 Å². The summed E-state index contributed by atoms with van der Waals surface area (Å²) in [6.07, 6.45) is 0. The molecule has 0 bridgehead atoms. The number of nitrogens with two attached hydrogens (primary N) is 1. The lowest BCUT2D eigenvalue weighted by molar-refractivity contribution is 0.0254. The smallest absolute Gasteiger partial charge is 0.276 e. The molecule has 1 aromatic carbocycles. The predicted octanol–water partition coefficient (Wildman–Crippen LogP) is 1.87. The minimum atomic E-state index is -2.96. The third-order valence-electron chi connectivity index (χ3n) is 2.22. The zero-order valence-electron chi connectivity index (χ0n) is 8.93. The van der Waals surface area contributed by atoms with Gasteiger partial charge in [-0.3, -0.25) is 0 Å². The molecular weight excluding hydrogens is 212 g/mol. The summed E-state index contributed by atoms with van der Waals surface area (Å²) < 4.78 is 25.9. The molecule has 0 aromatic heterocycles. The SMILES string of the molecule is Cc1cccc(C#N)c1NCC(F)(F)CN. The van der Waals surface area contributed by atoms with Crippen LogP contribution in [0.3, 0.4) is 0 Å². The normalized spacial score (nSPS) is 10.9. The van der Waals surface area contributed by atoms with Crippen LogP contribution in [0.1, 0.15) is 11.1 Å². The zero-order chi connectivity index (χ0) is 12.2. The van der Waals surface area contributed by atoms with Gasteiger partial charge < -0.3 is 11.1 Å². The van der Waals surface area contributed by atoms with E-state index in [1.807, 2.05) is 6.07 Å². The number of hydrogen-bond donors (Lipinski definition) is 2. The Balaban J connectivity index is 2.86. The maximum Gasteiger partial charge on any atom is 0.276 e. The largest absolute Gasteiger partial charge is 0.378 e. The predicted molar refractivity (Wildman–Crippen MR) is 58.4 cm³/mol. The number of benzene rings is 1. The average molecular weight is 225 g/mol. The van der Waals surface area contributed by atoms with Crippen molar-refractivity contribution in [3.63, 3.8) is 0 Å². The monoisotopic (exact) mass is 225 g/mol. The van der Waals surface area contributed by atoms with Gasteiger partial charge in [0.25, 0.3) is 5.92 Å². The highest BCUT2D eigenvalue weighted by molar-refractivity contribution is 5.62. The number of alkyl halides is 2. The Hall–Kier alpha value is -1.67. The van der Waals surface area contributed by atoms with Crippen LogP contribution in [0.25, 0.3) is 0 Å². The Morgan fingerprint density at radius 2 is 2.19 bits per heavy atom. The molecule has 0 amide bonds. The molecule has 0 radical (unpaired) electrons. The molecule has 0 aliphatic rings. The first-order chi connectivity index (χ1) is 7.50. The lowest BCUT2D eigenvalue weighted by Gasteiger charge is -2.17. The second kappa shape index (κ2) is 4.90. The van der Waals surface area contributed by atoms with Gasteiger partial charge in [-0.1, -0.05) is 12.1 Å². The lowest BCUT2D eigenvalue weighted by atomic mass is 10.1. The quantitative estimate of drug-likeness (QED) is 0.822. The molecule has 1 aromatic rings. The van der Waals surface area contributed by atoms with Gasteiger partial charge in [0.2, 0.25) is 0 Å². The van der Waals surface area contributed by atoms with Gasteiger partial charge in [0.1, 0.15) is 6.07 Å². The van der Waals surface area contributed by atoms with Crippen LogP contribution in [0.5, 0.6) is 0 Å². The number of nitriles is 1. The summed E-state index contributed by atoms with van der Waals surface area (Å²) in [5, 5.41) is 11.4. The maximum atomic E-state index is 12.9. The van der Waals surface area contributed by atoms with Crippen LogP contribution in [0.2, 0.25) is 0 Å². The van der Waals surface area contributed by atoms with Gasteiger partial charge in [0.05, 0.1) is 24.3 Å². The van der Waals surface area contributed by atoms with E-state index in [1.54, 1.807) is 25.1 Å². The molecular formula is C11H13F2N3. The first-order valence-corrected chi connectivity index (χ1v) is 4.81. The van der Waals surface area contributed by atoms with E-state index in [9.17, 15) is 8.78 Å². The van der Waals surface area contributed by atoms with E-state index in [2.05, 4.69) is 5.32 Å². The molecule has 16 heavy (non-hydrogen) atoms. The van der Waals surface area contributed by atoms with Gasteiger partial charge in [0.15, 0.2) is 0 Å². The second-order valence-corrected chi connectivity index (χ2v) is 3.52. The highest BCUT2D eigenvalue weighted by atomic mass is 19.3. The van der Waals surface area contributed by atoms with Crippen LogP contribution in [0, 0.1) is 18.3 Å². The van der Waals surface area contributed by atoms with Crippen molar-refractivity contribution in [2.45, 2.75) is 12.8 Å². The summed E-state index contributed by atoms with van der Waals surface area (Å²) in [4.78, 5) is 0. The Bertz CT molecular complexity index is 410. The number of rotatable bonds is 4. The van der Waals surface area contributed by atoms with Crippen molar-refractivity contribution in [1.82, 2.24) is 0 Å². The third-order valence-corrected chi connectivity index (χ3v) is 2.22. The molecule has 0 heterocycles. The highest BCUT2D eigenvalue weighted by Gasteiger charge is 2.26. The molecule has 3 N–H and O–H groups in total. The molecule has 0 unspecified atom stereocenters. The number of anilines is 1. The fourth-order valence-electron chi connectivity index (χ4n) is 1.29. The summed E-state index contributed by atoms with van der Waals surface area (Å²) in [5.41, 5.74) is 6.48. The van der Waals surface area contributed by atoms with E-state index in [0.717, 1.165) is 5.56 Å². The summed E-state index contributed by atoms with van der Waals surface area (Å²) in [6, 6.07) is 6.99. The van der Waals surface area contributed by atoms with E-state index in [1.165, 1.54) is 0 Å². The van der Waals surface area contributed by atoms with Crippen molar-refractivity contribution in [2.24, 2.45) is 5.73 Å². The number of halogens is 2. The van der Waals surface area contributed by atoms with Gasteiger partial charge in [-0.25, -0.2) is 8.78 Å². The molecule has 0 saturated carbocycles. The maximum absolute atomic E-state index is 12.9. The van der Waals surface area contributed by atoms with Crippen molar-refractivity contribution in [3.8, 4) is 6.07 Å². The number of hydrogen-bond acceptors (Lipinski definition) is 3. The Morgan fingerprint density at radius 1 is 1.50 bits per heavy atom. The van der Waals surface area contributed by atoms with Crippen LogP contribution in [-0.2, 0) is 0 Å². The molecule has 0 aliphatic carbocycles. The van der Waals surface area contributed by atoms with Crippen molar-refractivity contribution < 1.29 is 8.78 Å². The van der Waals surface area contributed by atoms with E-state index in [0.29, 0.717) is 11.3 Å². The highest BCUT2D eigenvalue weighted by Crippen LogP contribution is 2.21. The Kier molecular flexibility index (Phi) is 3.80. The van der Waals surface area contributed by atoms with Crippen molar-refractivity contribution in [3.05, 3.63) is 29.3 Å². The minimum Gasteiger partial charge on any atom is -0.378 e. The van der Waals surface area contributed by atoms with Gasteiger partial charge in [-0.15, -0.1) is 0 Å². The molecule has 86 valence electrons. The fourth-order valence-corrected chi connectivity index (χ4v) is 1.29. The molecule has 0 saturated heterocycles. The number of nitrogens with one attached hydrogen (secondary N) is 1. The van der Waals surface area contributed by atoms with Crippen molar-refractivity contribution >= 4 is 5.69 Å². The lowest BCUT2D eigenvalue weighted by Crippen LogP contribution is -2.35. The number of nitrogens with zero attached hydrogens (tertiary/aromatic N) is 1. The van der Waals surface area contributed by atoms with E-state index in [4.69, 9.17) is 11.0 Å². The standard InChI is InChI=1S/C11H13F2N3/c1-8-3-2-4-9(5-14)10(8)16-7-11(12,13)6-15/h2-4,16H,6-7,15H2,1H3. The van der Waals surface area contributed by atoms with Crippen LogP contribution >= 0.6 is 0 Å². The van der Waals surface area contributed by atoms with Gasteiger partial charge in [-0.05, 0) is 18.6 Å². The number of aryl methyl sites for hydroxylation is 1. The van der Waals surface area contributed by atoms with Crippen LogP contribution < -0.4 is 11.1 Å². The summed E-state index contributed by atoms with van der Waals surface area (Å²) in [7, 11) is 0. The molecule has 0 atom stereocenters. The summed E-state index contributed by atoms with van der Waals surface area (Å²) in [5.74, 6) is -2.96.